The van der Waals surface area contributed by atoms with Crippen LogP contribution in [0.15, 0.2) is 28.7 Å². The zero-order chi connectivity index (χ0) is 15.5. The van der Waals surface area contributed by atoms with E-state index in [1.807, 2.05) is 6.92 Å². The van der Waals surface area contributed by atoms with Crippen LogP contribution in [0.2, 0.25) is 0 Å². The van der Waals surface area contributed by atoms with Crippen molar-refractivity contribution in [3.8, 4) is 0 Å². The van der Waals surface area contributed by atoms with Crippen molar-refractivity contribution < 1.29 is 4.79 Å². The van der Waals surface area contributed by atoms with E-state index in [4.69, 9.17) is 0 Å². The van der Waals surface area contributed by atoms with Crippen LogP contribution in [0.1, 0.15) is 13.3 Å². The van der Waals surface area contributed by atoms with Crippen LogP contribution in [-0.2, 0) is 4.79 Å². The molecule has 0 saturated carbocycles. The molecule has 2 heterocycles. The Balaban J connectivity index is 0.00000144. The van der Waals surface area contributed by atoms with Crippen LogP contribution < -0.4 is 15.5 Å². The number of hydrogen-bond donors (Lipinski definition) is 2. The van der Waals surface area contributed by atoms with Gasteiger partial charge < -0.3 is 15.5 Å². The van der Waals surface area contributed by atoms with Gasteiger partial charge in [0.2, 0.25) is 5.91 Å². The first-order chi connectivity index (χ1) is 10.6. The summed E-state index contributed by atoms with van der Waals surface area (Å²) in [5, 5.41) is 6.39. The Morgan fingerprint density at radius 1 is 1.33 bits per heavy atom. The lowest BCUT2D eigenvalue weighted by Gasteiger charge is -2.32. The highest BCUT2D eigenvalue weighted by atomic mass is 79.9. The van der Waals surface area contributed by atoms with E-state index in [9.17, 15) is 4.79 Å². The highest BCUT2D eigenvalue weighted by molar-refractivity contribution is 9.10. The Bertz CT molecular complexity index is 525. The highest BCUT2D eigenvalue weighted by Gasteiger charge is 2.29. The van der Waals surface area contributed by atoms with Crippen molar-refractivity contribution in [3.05, 3.63) is 28.7 Å². The summed E-state index contributed by atoms with van der Waals surface area (Å²) in [4.78, 5) is 14.6. The minimum Gasteiger partial charge on any atom is -0.371 e. The molecule has 1 aromatic rings. The molecule has 1 aromatic carbocycles. The molecule has 0 bridgehead atoms. The third kappa shape index (κ3) is 5.25. The smallest absolute Gasteiger partial charge is 0.223 e. The van der Waals surface area contributed by atoms with Crippen molar-refractivity contribution in [2.24, 2.45) is 17.8 Å². The van der Waals surface area contributed by atoms with Crippen LogP contribution in [0, 0.1) is 17.8 Å². The Hall–Kier alpha value is -0.490. The van der Waals surface area contributed by atoms with Crippen molar-refractivity contribution in [3.63, 3.8) is 0 Å². The molecular formula is C17H26BrCl2N3O. The van der Waals surface area contributed by atoms with Gasteiger partial charge >= 0.3 is 0 Å². The number of amides is 1. The average molecular weight is 439 g/mol. The van der Waals surface area contributed by atoms with E-state index >= 15 is 0 Å². The first-order valence-corrected chi connectivity index (χ1v) is 8.91. The molecule has 7 heteroatoms. The molecule has 2 aliphatic heterocycles. The van der Waals surface area contributed by atoms with Crippen molar-refractivity contribution in [1.29, 1.82) is 0 Å². The van der Waals surface area contributed by atoms with Gasteiger partial charge in [-0.25, -0.2) is 0 Å². The lowest BCUT2D eigenvalue weighted by atomic mass is 9.88. The number of carbonyl (C=O) groups excluding carboxylic acids is 1. The zero-order valence-corrected chi connectivity index (χ0v) is 17.1. The second-order valence-corrected chi connectivity index (χ2v) is 7.44. The lowest BCUT2D eigenvalue weighted by Crippen LogP contribution is -2.50. The number of halogens is 3. The van der Waals surface area contributed by atoms with E-state index in [-0.39, 0.29) is 36.6 Å². The minimum absolute atomic E-state index is 0. The van der Waals surface area contributed by atoms with Gasteiger partial charge in [0, 0.05) is 35.7 Å². The summed E-state index contributed by atoms with van der Waals surface area (Å²) >= 11 is 3.47. The normalized spacial score (nSPS) is 21.2. The number of anilines is 1. The fourth-order valence-electron chi connectivity index (χ4n) is 3.17. The minimum atomic E-state index is 0. The first-order valence-electron chi connectivity index (χ1n) is 8.12. The van der Waals surface area contributed by atoms with E-state index in [1.165, 1.54) is 5.69 Å². The molecule has 136 valence electrons. The Labute approximate surface area is 165 Å². The fraction of sp³-hybridized carbons (Fsp3) is 0.588. The van der Waals surface area contributed by atoms with Crippen LogP contribution in [0.5, 0.6) is 0 Å². The van der Waals surface area contributed by atoms with Crippen molar-refractivity contribution in [1.82, 2.24) is 10.6 Å². The van der Waals surface area contributed by atoms with E-state index in [0.29, 0.717) is 11.8 Å². The fourth-order valence-corrected chi connectivity index (χ4v) is 3.43. The predicted octanol–water partition coefficient (Wildman–Crippen LogP) is 3.09. The Morgan fingerprint density at radius 3 is 2.58 bits per heavy atom. The quantitative estimate of drug-likeness (QED) is 0.742. The third-order valence-corrected chi connectivity index (χ3v) is 5.50. The van der Waals surface area contributed by atoms with Gasteiger partial charge in [-0.1, -0.05) is 22.9 Å². The summed E-state index contributed by atoms with van der Waals surface area (Å²) in [6.07, 6.45) is 1.15. The maximum absolute atomic E-state index is 12.2. The summed E-state index contributed by atoms with van der Waals surface area (Å²) in [5.41, 5.74) is 1.27. The van der Waals surface area contributed by atoms with Crippen molar-refractivity contribution in [2.75, 3.05) is 37.6 Å². The summed E-state index contributed by atoms with van der Waals surface area (Å²) in [6.45, 7) is 6.91. The second-order valence-electron chi connectivity index (χ2n) is 6.53. The third-order valence-electron chi connectivity index (χ3n) is 4.98. The molecule has 2 aliphatic rings. The van der Waals surface area contributed by atoms with Gasteiger partial charge in [0.25, 0.3) is 0 Å². The van der Waals surface area contributed by atoms with Crippen molar-refractivity contribution in [2.45, 2.75) is 13.3 Å². The second kappa shape index (κ2) is 9.85. The average Bonchev–Trinajstić information content (AvgIpc) is 2.92. The molecule has 0 spiro atoms. The van der Waals surface area contributed by atoms with E-state index < -0.39 is 0 Å². The van der Waals surface area contributed by atoms with Gasteiger partial charge in [-0.05, 0) is 55.6 Å². The van der Waals surface area contributed by atoms with E-state index in [1.54, 1.807) is 0 Å². The number of nitrogens with zero attached hydrogens (tertiary/aromatic N) is 1. The number of benzene rings is 1. The van der Waals surface area contributed by atoms with Gasteiger partial charge in [-0.3, -0.25) is 4.79 Å². The van der Waals surface area contributed by atoms with E-state index in [0.717, 1.165) is 43.6 Å². The molecule has 0 aliphatic carbocycles. The molecule has 1 amide bonds. The van der Waals surface area contributed by atoms with Crippen LogP contribution >= 0.6 is 40.7 Å². The van der Waals surface area contributed by atoms with Gasteiger partial charge in [-0.15, -0.1) is 24.8 Å². The molecule has 2 atom stereocenters. The lowest BCUT2D eigenvalue weighted by molar-refractivity contribution is -0.126. The van der Waals surface area contributed by atoms with Crippen molar-refractivity contribution >= 4 is 52.3 Å². The summed E-state index contributed by atoms with van der Waals surface area (Å²) in [5.74, 6) is 1.42. The van der Waals surface area contributed by atoms with E-state index in [2.05, 4.69) is 55.7 Å². The molecule has 2 N–H and O–H groups in total. The Kier molecular flexibility index (Phi) is 8.85. The molecule has 2 fully saturated rings. The van der Waals surface area contributed by atoms with Gasteiger partial charge in [-0.2, -0.15) is 0 Å². The first kappa shape index (κ1) is 21.6. The maximum atomic E-state index is 12.2. The Morgan fingerprint density at radius 2 is 2.00 bits per heavy atom. The molecule has 0 radical (unpaired) electrons. The van der Waals surface area contributed by atoms with Crippen LogP contribution in [0.25, 0.3) is 0 Å². The largest absolute Gasteiger partial charge is 0.371 e. The molecular weight excluding hydrogens is 413 g/mol. The van der Waals surface area contributed by atoms with Gasteiger partial charge in [0.15, 0.2) is 0 Å². The molecule has 2 unspecified atom stereocenters. The summed E-state index contributed by atoms with van der Waals surface area (Å²) in [7, 11) is 0. The van der Waals surface area contributed by atoms with Gasteiger partial charge in [0.1, 0.15) is 0 Å². The predicted molar refractivity (Wildman–Crippen MR) is 107 cm³/mol. The molecule has 4 nitrogen and oxygen atoms in total. The van der Waals surface area contributed by atoms with Crippen LogP contribution in [0.3, 0.4) is 0 Å². The summed E-state index contributed by atoms with van der Waals surface area (Å²) in [6, 6.07) is 8.46. The SMILES string of the molecule is CC(C(=O)NCC1CCN(c2ccc(Br)cc2)C1)C1CNC1.Cl.Cl. The summed E-state index contributed by atoms with van der Waals surface area (Å²) < 4.78 is 1.11. The molecule has 24 heavy (non-hydrogen) atoms. The number of rotatable bonds is 5. The molecule has 2 saturated heterocycles. The highest BCUT2D eigenvalue weighted by Crippen LogP contribution is 2.25. The molecule has 0 aromatic heterocycles. The monoisotopic (exact) mass is 437 g/mol. The van der Waals surface area contributed by atoms with Gasteiger partial charge in [0.05, 0.1) is 0 Å². The number of nitrogens with one attached hydrogen (secondary N) is 2. The molecule has 3 rings (SSSR count). The maximum Gasteiger partial charge on any atom is 0.223 e. The number of hydrogen-bond acceptors (Lipinski definition) is 3. The standard InChI is InChI=1S/C17H24BrN3O.2ClH/c1-12(14-9-19-10-14)17(22)20-8-13-6-7-21(11-13)16-4-2-15(18)3-5-16;;/h2-5,12-14,19H,6-11H2,1H3,(H,20,22);2*1H. The van der Waals surface area contributed by atoms with Crippen LogP contribution in [-0.4, -0.2) is 38.6 Å². The van der Waals surface area contributed by atoms with Crippen LogP contribution in [0.4, 0.5) is 5.69 Å². The number of carbonyl (C=O) groups is 1. The zero-order valence-electron chi connectivity index (χ0n) is 13.8. The topological polar surface area (TPSA) is 44.4 Å².